The summed E-state index contributed by atoms with van der Waals surface area (Å²) in [7, 11) is 0. The van der Waals surface area contributed by atoms with Crippen LogP contribution in [0.25, 0.3) is 0 Å². The first-order chi connectivity index (χ1) is 8.25. The van der Waals surface area contributed by atoms with Crippen LogP contribution >= 0.6 is 12.2 Å². The third-order valence-corrected chi connectivity index (χ3v) is 2.88. The number of thiocarbonyl (C=S) groups is 1. The van der Waals surface area contributed by atoms with Crippen LogP contribution in [0.15, 0.2) is 18.3 Å². The highest BCUT2D eigenvalue weighted by Gasteiger charge is 2.15. The number of aromatic nitrogens is 1. The Bertz CT molecular complexity index is 392. The molecule has 92 valence electrons. The summed E-state index contributed by atoms with van der Waals surface area (Å²) in [4.78, 5) is 4.39. The number of hydrogen-bond acceptors (Lipinski definition) is 4. The van der Waals surface area contributed by atoms with Crippen LogP contribution in [-0.2, 0) is 16.1 Å². The first-order valence-electron chi connectivity index (χ1n) is 5.70. The fourth-order valence-electron chi connectivity index (χ4n) is 1.78. The quantitative estimate of drug-likeness (QED) is 0.803. The van der Waals surface area contributed by atoms with Crippen LogP contribution in [0.5, 0.6) is 0 Å². The molecule has 0 aliphatic carbocycles. The second-order valence-electron chi connectivity index (χ2n) is 4.06. The van der Waals surface area contributed by atoms with Crippen molar-refractivity contribution in [2.24, 2.45) is 5.73 Å². The highest BCUT2D eigenvalue weighted by molar-refractivity contribution is 7.80. The first-order valence-corrected chi connectivity index (χ1v) is 6.10. The molecule has 0 aromatic carbocycles. The van der Waals surface area contributed by atoms with E-state index in [9.17, 15) is 0 Å². The lowest BCUT2D eigenvalue weighted by atomic mass is 10.2. The maximum Gasteiger partial charge on any atom is 0.122 e. The van der Waals surface area contributed by atoms with Gasteiger partial charge >= 0.3 is 0 Å². The second-order valence-corrected chi connectivity index (χ2v) is 4.50. The zero-order valence-corrected chi connectivity index (χ0v) is 10.4. The molecular formula is C12H16N2O2S. The average molecular weight is 252 g/mol. The molecule has 0 radical (unpaired) electrons. The van der Waals surface area contributed by atoms with E-state index in [1.54, 1.807) is 6.20 Å². The molecule has 1 fully saturated rings. The maximum atomic E-state index is 5.60. The summed E-state index contributed by atoms with van der Waals surface area (Å²) in [6.45, 7) is 2.04. The van der Waals surface area contributed by atoms with Gasteiger partial charge in [0.25, 0.3) is 0 Å². The lowest BCUT2D eigenvalue weighted by Gasteiger charge is -2.10. The fourth-order valence-corrected chi connectivity index (χ4v) is 1.89. The number of nitrogens with two attached hydrogens (primary N) is 1. The summed E-state index contributed by atoms with van der Waals surface area (Å²) >= 11 is 4.88. The number of ether oxygens (including phenoxy) is 2. The molecule has 2 heterocycles. The molecule has 1 aromatic heterocycles. The van der Waals surface area contributed by atoms with E-state index in [4.69, 9.17) is 27.4 Å². The summed E-state index contributed by atoms with van der Waals surface area (Å²) in [5, 5.41) is 0. The van der Waals surface area contributed by atoms with E-state index in [1.807, 2.05) is 12.1 Å². The van der Waals surface area contributed by atoms with Crippen molar-refractivity contribution in [2.75, 3.05) is 13.2 Å². The Morgan fingerprint density at radius 3 is 3.24 bits per heavy atom. The van der Waals surface area contributed by atoms with Gasteiger partial charge in [0.2, 0.25) is 0 Å². The zero-order valence-electron chi connectivity index (χ0n) is 9.59. The van der Waals surface area contributed by atoms with Gasteiger partial charge in [0.1, 0.15) is 4.99 Å². The van der Waals surface area contributed by atoms with Crippen molar-refractivity contribution in [3.63, 3.8) is 0 Å². The largest absolute Gasteiger partial charge is 0.388 e. The van der Waals surface area contributed by atoms with Crippen LogP contribution in [0.4, 0.5) is 0 Å². The highest BCUT2D eigenvalue weighted by atomic mass is 32.1. The van der Waals surface area contributed by atoms with Gasteiger partial charge < -0.3 is 15.2 Å². The van der Waals surface area contributed by atoms with Gasteiger partial charge in [-0.05, 0) is 30.5 Å². The van der Waals surface area contributed by atoms with Gasteiger partial charge in [-0.3, -0.25) is 4.98 Å². The molecule has 0 saturated carbocycles. The normalized spacial score (nSPS) is 19.4. The van der Waals surface area contributed by atoms with Crippen molar-refractivity contribution in [1.29, 1.82) is 0 Å². The van der Waals surface area contributed by atoms with Crippen molar-refractivity contribution in [3.05, 3.63) is 29.6 Å². The van der Waals surface area contributed by atoms with Gasteiger partial charge in [0.15, 0.2) is 0 Å². The Morgan fingerprint density at radius 2 is 2.53 bits per heavy atom. The second kappa shape index (κ2) is 6.05. The highest BCUT2D eigenvalue weighted by Crippen LogP contribution is 2.13. The van der Waals surface area contributed by atoms with E-state index >= 15 is 0 Å². The molecule has 0 amide bonds. The third-order valence-electron chi connectivity index (χ3n) is 2.67. The predicted octanol–water partition coefficient (Wildman–Crippen LogP) is 1.41. The van der Waals surface area contributed by atoms with Crippen LogP contribution in [0.3, 0.4) is 0 Å². The van der Waals surface area contributed by atoms with Crippen molar-refractivity contribution >= 4 is 17.2 Å². The van der Waals surface area contributed by atoms with Crippen molar-refractivity contribution < 1.29 is 9.47 Å². The van der Waals surface area contributed by atoms with E-state index in [0.717, 1.165) is 25.0 Å². The Hall–Kier alpha value is -1.04. The Labute approximate surface area is 106 Å². The van der Waals surface area contributed by atoms with Crippen molar-refractivity contribution in [2.45, 2.75) is 25.6 Å². The molecule has 2 rings (SSSR count). The number of rotatable bonds is 5. The van der Waals surface area contributed by atoms with Crippen LogP contribution in [-0.4, -0.2) is 29.3 Å². The van der Waals surface area contributed by atoms with E-state index in [1.165, 1.54) is 0 Å². The Morgan fingerprint density at radius 1 is 1.65 bits per heavy atom. The minimum absolute atomic E-state index is 0.256. The minimum Gasteiger partial charge on any atom is -0.388 e. The molecule has 2 N–H and O–H groups in total. The van der Waals surface area contributed by atoms with Gasteiger partial charge in [0.05, 0.1) is 25.0 Å². The Kier molecular flexibility index (Phi) is 4.42. The summed E-state index contributed by atoms with van der Waals surface area (Å²) in [6, 6.07) is 3.76. The van der Waals surface area contributed by atoms with E-state index in [0.29, 0.717) is 23.9 Å². The molecule has 1 aromatic rings. The standard InChI is InChI=1S/C12H16N2O2S/c13-12(17)11-6-9(3-4-14-11)7-15-8-10-2-1-5-16-10/h3-4,6,10H,1-2,5,7-8H2,(H2,13,17). The van der Waals surface area contributed by atoms with E-state index < -0.39 is 0 Å². The molecule has 0 bridgehead atoms. The van der Waals surface area contributed by atoms with Crippen LogP contribution in [0.2, 0.25) is 0 Å². The van der Waals surface area contributed by atoms with Crippen molar-refractivity contribution in [3.8, 4) is 0 Å². The summed E-state index contributed by atoms with van der Waals surface area (Å²) in [6.07, 6.45) is 4.18. The average Bonchev–Trinajstić information content (AvgIpc) is 2.82. The lowest BCUT2D eigenvalue weighted by Crippen LogP contribution is -2.14. The van der Waals surface area contributed by atoms with Crippen LogP contribution in [0.1, 0.15) is 24.1 Å². The monoisotopic (exact) mass is 252 g/mol. The molecule has 0 spiro atoms. The summed E-state index contributed by atoms with van der Waals surface area (Å²) in [5.41, 5.74) is 7.18. The van der Waals surface area contributed by atoms with Gasteiger partial charge in [0, 0.05) is 12.8 Å². The fraction of sp³-hybridized carbons (Fsp3) is 0.500. The van der Waals surface area contributed by atoms with Gasteiger partial charge in [-0.15, -0.1) is 0 Å². The third kappa shape index (κ3) is 3.73. The number of pyridine rings is 1. The van der Waals surface area contributed by atoms with Gasteiger partial charge in [-0.2, -0.15) is 0 Å². The van der Waals surface area contributed by atoms with Gasteiger partial charge in [-0.25, -0.2) is 0 Å². The first kappa shape index (κ1) is 12.4. The molecule has 1 unspecified atom stereocenters. The van der Waals surface area contributed by atoms with E-state index in [-0.39, 0.29) is 6.10 Å². The zero-order chi connectivity index (χ0) is 12.1. The predicted molar refractivity (Wildman–Crippen MR) is 68.8 cm³/mol. The number of hydrogen-bond donors (Lipinski definition) is 1. The molecule has 5 heteroatoms. The molecule has 17 heavy (non-hydrogen) atoms. The van der Waals surface area contributed by atoms with Crippen molar-refractivity contribution in [1.82, 2.24) is 4.98 Å². The topological polar surface area (TPSA) is 57.4 Å². The Balaban J connectivity index is 1.81. The van der Waals surface area contributed by atoms with Gasteiger partial charge in [-0.1, -0.05) is 12.2 Å². The minimum atomic E-state index is 0.256. The summed E-state index contributed by atoms with van der Waals surface area (Å²) < 4.78 is 11.1. The molecule has 1 atom stereocenters. The molecule has 1 saturated heterocycles. The van der Waals surface area contributed by atoms with Crippen LogP contribution < -0.4 is 5.73 Å². The molecular weight excluding hydrogens is 236 g/mol. The smallest absolute Gasteiger partial charge is 0.122 e. The maximum absolute atomic E-state index is 5.60. The molecule has 4 nitrogen and oxygen atoms in total. The number of nitrogens with zero attached hydrogens (tertiary/aromatic N) is 1. The molecule has 1 aliphatic rings. The van der Waals surface area contributed by atoms with Crippen LogP contribution in [0, 0.1) is 0 Å². The molecule has 1 aliphatic heterocycles. The summed E-state index contributed by atoms with van der Waals surface area (Å²) in [5.74, 6) is 0. The lowest BCUT2D eigenvalue weighted by molar-refractivity contribution is 0.0106. The SMILES string of the molecule is NC(=S)c1cc(COCC2CCCO2)ccn1. The van der Waals surface area contributed by atoms with E-state index in [2.05, 4.69) is 4.98 Å².